The first kappa shape index (κ1) is 12.6. The minimum atomic E-state index is 0.0575. The van der Waals surface area contributed by atoms with Crippen molar-refractivity contribution in [3.05, 3.63) is 46.2 Å². The van der Waals surface area contributed by atoms with Crippen molar-refractivity contribution in [3.63, 3.8) is 0 Å². The van der Waals surface area contributed by atoms with Crippen molar-refractivity contribution in [1.29, 1.82) is 0 Å². The predicted octanol–water partition coefficient (Wildman–Crippen LogP) is 3.53. The van der Waals surface area contributed by atoms with Crippen LogP contribution in [0.15, 0.2) is 35.7 Å². The number of nitrogens with one attached hydrogen (secondary N) is 1. The van der Waals surface area contributed by atoms with Gasteiger partial charge in [0.1, 0.15) is 5.75 Å². The number of anilines is 1. The van der Waals surface area contributed by atoms with E-state index < -0.39 is 0 Å². The average Bonchev–Trinajstić information content (AvgIpc) is 2.81. The first-order valence-electron chi connectivity index (χ1n) is 5.91. The molecule has 0 fully saturated rings. The van der Waals surface area contributed by atoms with Gasteiger partial charge in [0, 0.05) is 10.4 Å². The number of hydrogen-bond acceptors (Lipinski definition) is 4. The van der Waals surface area contributed by atoms with Crippen molar-refractivity contribution in [2.45, 2.75) is 5.25 Å². The van der Waals surface area contributed by atoms with Gasteiger partial charge in [-0.05, 0) is 17.5 Å². The number of thioether (sulfide) groups is 1. The molecule has 0 aliphatic carbocycles. The zero-order chi connectivity index (χ0) is 13.2. The van der Waals surface area contributed by atoms with E-state index in [9.17, 15) is 4.79 Å². The molecular weight excluding hydrogens is 278 g/mol. The summed E-state index contributed by atoms with van der Waals surface area (Å²) in [4.78, 5) is 12.9. The van der Waals surface area contributed by atoms with Crippen LogP contribution in [0.1, 0.15) is 15.7 Å². The number of methoxy groups -OCH3 is 1. The van der Waals surface area contributed by atoms with E-state index in [2.05, 4.69) is 11.4 Å². The molecule has 98 valence electrons. The Kier molecular flexibility index (Phi) is 3.48. The van der Waals surface area contributed by atoms with Gasteiger partial charge in [-0.3, -0.25) is 4.79 Å². The number of thiophene rings is 1. The van der Waals surface area contributed by atoms with Crippen LogP contribution in [0, 0.1) is 0 Å². The highest BCUT2D eigenvalue weighted by molar-refractivity contribution is 8.00. The Balaban J connectivity index is 2.08. The number of para-hydroxylation sites is 1. The van der Waals surface area contributed by atoms with E-state index >= 15 is 0 Å². The third-order valence-electron chi connectivity index (χ3n) is 3.01. The third-order valence-corrected chi connectivity index (χ3v) is 5.39. The number of fused-ring (bicyclic) bond motifs is 1. The normalized spacial score (nSPS) is 18.4. The molecule has 0 unspecified atom stereocenters. The topological polar surface area (TPSA) is 38.3 Å². The fourth-order valence-corrected chi connectivity index (χ4v) is 4.42. The van der Waals surface area contributed by atoms with Crippen molar-refractivity contribution < 1.29 is 9.53 Å². The number of carbonyl (C=O) groups excluding carboxylic acids is 1. The Hall–Kier alpha value is -1.46. The summed E-state index contributed by atoms with van der Waals surface area (Å²) in [6.45, 7) is 0. The van der Waals surface area contributed by atoms with Crippen LogP contribution >= 0.6 is 23.1 Å². The Bertz CT molecular complexity index is 609. The first-order chi connectivity index (χ1) is 9.29. The number of benzene rings is 1. The van der Waals surface area contributed by atoms with Crippen LogP contribution in [0.25, 0.3) is 0 Å². The SMILES string of the molecule is COc1ccccc1[C@@H]1SCC(=O)Nc2ccsc21. The van der Waals surface area contributed by atoms with Gasteiger partial charge in [-0.2, -0.15) is 0 Å². The minimum Gasteiger partial charge on any atom is -0.496 e. The van der Waals surface area contributed by atoms with Crippen LogP contribution in [0.4, 0.5) is 5.69 Å². The highest BCUT2D eigenvalue weighted by atomic mass is 32.2. The molecule has 1 N–H and O–H groups in total. The second-order valence-electron chi connectivity index (χ2n) is 4.18. The zero-order valence-electron chi connectivity index (χ0n) is 10.4. The van der Waals surface area contributed by atoms with E-state index in [0.29, 0.717) is 5.75 Å². The molecule has 5 heteroatoms. The molecule has 0 radical (unpaired) electrons. The smallest absolute Gasteiger partial charge is 0.234 e. The maximum Gasteiger partial charge on any atom is 0.234 e. The van der Waals surface area contributed by atoms with E-state index in [1.165, 1.54) is 4.88 Å². The van der Waals surface area contributed by atoms with Crippen molar-refractivity contribution in [3.8, 4) is 5.75 Å². The summed E-state index contributed by atoms with van der Waals surface area (Å²) in [7, 11) is 1.68. The maximum absolute atomic E-state index is 11.7. The molecule has 0 bridgehead atoms. The molecule has 2 heterocycles. The van der Waals surface area contributed by atoms with Gasteiger partial charge in [-0.15, -0.1) is 23.1 Å². The first-order valence-corrected chi connectivity index (χ1v) is 7.84. The van der Waals surface area contributed by atoms with Gasteiger partial charge >= 0.3 is 0 Å². The highest BCUT2D eigenvalue weighted by Gasteiger charge is 2.27. The molecule has 3 rings (SSSR count). The van der Waals surface area contributed by atoms with Crippen molar-refractivity contribution in [2.24, 2.45) is 0 Å². The lowest BCUT2D eigenvalue weighted by Gasteiger charge is -2.17. The number of rotatable bonds is 2. The molecule has 0 saturated carbocycles. The average molecular weight is 291 g/mol. The molecule has 19 heavy (non-hydrogen) atoms. The van der Waals surface area contributed by atoms with Crippen LogP contribution in [0.5, 0.6) is 5.75 Å². The Morgan fingerprint density at radius 2 is 2.16 bits per heavy atom. The summed E-state index contributed by atoms with van der Waals surface area (Å²) in [6, 6.07) is 9.96. The van der Waals surface area contributed by atoms with E-state index in [4.69, 9.17) is 4.74 Å². The van der Waals surface area contributed by atoms with Crippen molar-refractivity contribution in [1.82, 2.24) is 0 Å². The monoisotopic (exact) mass is 291 g/mol. The summed E-state index contributed by atoms with van der Waals surface area (Å²) in [5.41, 5.74) is 2.05. The molecule has 2 aromatic rings. The fourth-order valence-electron chi connectivity index (χ4n) is 2.16. The third kappa shape index (κ3) is 2.35. The van der Waals surface area contributed by atoms with Gasteiger partial charge in [0.05, 0.1) is 23.8 Å². The minimum absolute atomic E-state index is 0.0575. The van der Waals surface area contributed by atoms with Crippen LogP contribution in [0.2, 0.25) is 0 Å². The lowest BCUT2D eigenvalue weighted by molar-refractivity contribution is -0.113. The van der Waals surface area contributed by atoms with Crippen LogP contribution in [-0.2, 0) is 4.79 Å². The van der Waals surface area contributed by atoms with E-state index in [1.54, 1.807) is 30.2 Å². The molecule has 0 spiro atoms. The van der Waals surface area contributed by atoms with E-state index in [-0.39, 0.29) is 11.2 Å². The highest BCUT2D eigenvalue weighted by Crippen LogP contribution is 2.46. The predicted molar refractivity (Wildman–Crippen MR) is 80.2 cm³/mol. The summed E-state index contributed by atoms with van der Waals surface area (Å²) in [5, 5.41) is 5.11. The number of amides is 1. The van der Waals surface area contributed by atoms with Crippen molar-refractivity contribution >= 4 is 34.7 Å². The van der Waals surface area contributed by atoms with Gasteiger partial charge < -0.3 is 10.1 Å². The molecule has 1 amide bonds. The van der Waals surface area contributed by atoms with Crippen LogP contribution in [-0.4, -0.2) is 18.8 Å². The van der Waals surface area contributed by atoms with Gasteiger partial charge in [-0.25, -0.2) is 0 Å². The standard InChI is InChI=1S/C14H13NO2S2/c1-17-11-5-3-2-4-9(11)13-14-10(6-7-18-14)15-12(16)8-19-13/h2-7,13H,8H2,1H3,(H,15,16)/t13-/m0/s1. The van der Waals surface area contributed by atoms with Crippen LogP contribution < -0.4 is 10.1 Å². The van der Waals surface area contributed by atoms with Gasteiger partial charge in [0.2, 0.25) is 5.91 Å². The van der Waals surface area contributed by atoms with Crippen LogP contribution in [0.3, 0.4) is 0 Å². The summed E-state index contributed by atoms with van der Waals surface area (Å²) in [5.74, 6) is 1.39. The Labute approximate surface area is 120 Å². The van der Waals surface area contributed by atoms with Gasteiger partial charge in [0.15, 0.2) is 0 Å². The quantitative estimate of drug-likeness (QED) is 0.920. The largest absolute Gasteiger partial charge is 0.496 e. The lowest BCUT2D eigenvalue weighted by Crippen LogP contribution is -2.11. The number of carbonyl (C=O) groups is 1. The molecule has 1 atom stereocenters. The lowest BCUT2D eigenvalue weighted by atomic mass is 10.1. The maximum atomic E-state index is 11.7. The second-order valence-corrected chi connectivity index (χ2v) is 6.22. The Morgan fingerprint density at radius 3 is 3.00 bits per heavy atom. The number of ether oxygens (including phenoxy) is 1. The molecule has 3 nitrogen and oxygen atoms in total. The molecule has 1 aromatic heterocycles. The van der Waals surface area contributed by atoms with Crippen molar-refractivity contribution in [2.75, 3.05) is 18.2 Å². The number of hydrogen-bond donors (Lipinski definition) is 1. The molecule has 1 aromatic carbocycles. The molecule has 1 aliphatic heterocycles. The fraction of sp³-hybridized carbons (Fsp3) is 0.214. The zero-order valence-corrected chi connectivity index (χ0v) is 12.0. The molecule has 1 aliphatic rings. The summed E-state index contributed by atoms with van der Waals surface area (Å²) < 4.78 is 5.44. The molecule has 0 saturated heterocycles. The van der Waals surface area contributed by atoms with E-state index in [1.807, 2.05) is 29.6 Å². The molecular formula is C14H13NO2S2. The van der Waals surface area contributed by atoms with E-state index in [0.717, 1.165) is 17.0 Å². The van der Waals surface area contributed by atoms with Gasteiger partial charge in [-0.1, -0.05) is 18.2 Å². The summed E-state index contributed by atoms with van der Waals surface area (Å²) in [6.07, 6.45) is 0. The van der Waals surface area contributed by atoms with Gasteiger partial charge in [0.25, 0.3) is 0 Å². The Morgan fingerprint density at radius 1 is 1.32 bits per heavy atom. The second kappa shape index (κ2) is 5.27. The summed E-state index contributed by atoms with van der Waals surface area (Å²) >= 11 is 3.31.